The number of hydrogen-bond acceptors (Lipinski definition) is 4. The van der Waals surface area contributed by atoms with Crippen LogP contribution in [0.5, 0.6) is 0 Å². The van der Waals surface area contributed by atoms with Crippen LogP contribution in [0.4, 0.5) is 0 Å². The fourth-order valence-electron chi connectivity index (χ4n) is 1.43. The minimum absolute atomic E-state index is 0.589. The lowest BCUT2D eigenvalue weighted by atomic mass is 10.2. The van der Waals surface area contributed by atoms with Gasteiger partial charge in [-0.05, 0) is 30.2 Å². The number of hydrogen-bond donors (Lipinski definition) is 0. The van der Waals surface area contributed by atoms with E-state index in [1.807, 2.05) is 47.0 Å². The molecule has 1 aromatic carbocycles. The molecule has 0 unspecified atom stereocenters. The quantitative estimate of drug-likeness (QED) is 0.730. The van der Waals surface area contributed by atoms with Gasteiger partial charge in [-0.1, -0.05) is 6.07 Å². The van der Waals surface area contributed by atoms with E-state index in [2.05, 4.69) is 30.7 Å². The van der Waals surface area contributed by atoms with Crippen molar-refractivity contribution in [3.63, 3.8) is 0 Å². The maximum absolute atomic E-state index is 2.36. The summed E-state index contributed by atoms with van der Waals surface area (Å²) in [6.07, 6.45) is 4.35. The Bertz CT molecular complexity index is 320. The molecule has 1 aliphatic rings. The maximum Gasteiger partial charge on any atom is 0.0746 e. The van der Waals surface area contributed by atoms with E-state index in [1.54, 1.807) is 0 Å². The third-order valence-corrected chi connectivity index (χ3v) is 7.04. The van der Waals surface area contributed by atoms with Gasteiger partial charge in [0.1, 0.15) is 0 Å². The Hall–Kier alpha value is 0.620. The van der Waals surface area contributed by atoms with E-state index in [4.69, 9.17) is 0 Å². The molecule has 76 valence electrons. The Morgan fingerprint density at radius 1 is 1.14 bits per heavy atom. The van der Waals surface area contributed by atoms with Gasteiger partial charge in [-0.15, -0.1) is 47.0 Å². The molecule has 0 aromatic heterocycles. The van der Waals surface area contributed by atoms with Crippen LogP contribution in [0.15, 0.2) is 28.0 Å². The van der Waals surface area contributed by atoms with Crippen molar-refractivity contribution in [1.82, 2.24) is 0 Å². The second kappa shape index (κ2) is 5.10. The second-order valence-corrected chi connectivity index (χ2v) is 7.50. The summed E-state index contributed by atoms with van der Waals surface area (Å²) >= 11 is 7.75. The van der Waals surface area contributed by atoms with Gasteiger partial charge in [0.15, 0.2) is 0 Å². The van der Waals surface area contributed by atoms with Crippen LogP contribution in [0.3, 0.4) is 0 Å². The van der Waals surface area contributed by atoms with Crippen LogP contribution in [-0.4, -0.2) is 17.6 Å². The van der Waals surface area contributed by atoms with Crippen LogP contribution in [0.25, 0.3) is 0 Å². The van der Waals surface area contributed by atoms with Gasteiger partial charge in [0.2, 0.25) is 0 Å². The third kappa shape index (κ3) is 2.23. The van der Waals surface area contributed by atoms with Crippen molar-refractivity contribution in [2.24, 2.45) is 0 Å². The topological polar surface area (TPSA) is 0 Å². The summed E-state index contributed by atoms with van der Waals surface area (Å²) in [5.41, 5.74) is 1.46. The molecule has 1 aromatic rings. The van der Waals surface area contributed by atoms with Crippen molar-refractivity contribution in [3.05, 3.63) is 23.8 Å². The second-order valence-electron chi connectivity index (χ2n) is 2.92. The van der Waals surface area contributed by atoms with Crippen LogP contribution in [0.2, 0.25) is 0 Å². The molecule has 1 heterocycles. The zero-order valence-electron chi connectivity index (χ0n) is 8.15. The lowest BCUT2D eigenvalue weighted by Crippen LogP contribution is -1.87. The first kappa shape index (κ1) is 11.1. The molecule has 0 radical (unpaired) electrons. The Balaban J connectivity index is 2.27. The Kier molecular flexibility index (Phi) is 4.05. The number of benzene rings is 1. The summed E-state index contributed by atoms with van der Waals surface area (Å²) in [5, 5.41) is 1.18. The highest BCUT2D eigenvalue weighted by Gasteiger charge is 2.15. The lowest BCUT2D eigenvalue weighted by molar-refractivity contribution is 1.21. The molecular weight excluding hydrogens is 248 g/mol. The Morgan fingerprint density at radius 3 is 2.57 bits per heavy atom. The molecule has 0 saturated carbocycles. The van der Waals surface area contributed by atoms with E-state index in [1.165, 1.54) is 20.4 Å². The molecule has 4 heteroatoms. The van der Waals surface area contributed by atoms with Crippen LogP contribution < -0.4 is 0 Å². The Labute approximate surface area is 102 Å². The van der Waals surface area contributed by atoms with Gasteiger partial charge in [-0.25, -0.2) is 0 Å². The Morgan fingerprint density at radius 2 is 1.86 bits per heavy atom. The lowest BCUT2D eigenvalue weighted by Gasteiger charge is -2.12. The normalized spacial score (nSPS) is 14.8. The summed E-state index contributed by atoms with van der Waals surface area (Å²) in [7, 11) is 0. The van der Waals surface area contributed by atoms with Gasteiger partial charge < -0.3 is 0 Å². The summed E-state index contributed by atoms with van der Waals surface area (Å²) in [6, 6.07) is 6.90. The number of rotatable bonds is 3. The van der Waals surface area contributed by atoms with Crippen molar-refractivity contribution in [1.29, 1.82) is 0 Å². The third-order valence-electron chi connectivity index (χ3n) is 2.10. The van der Waals surface area contributed by atoms with E-state index >= 15 is 0 Å². The van der Waals surface area contributed by atoms with Crippen LogP contribution in [0, 0.1) is 0 Å². The highest BCUT2D eigenvalue weighted by molar-refractivity contribution is 8.18. The molecule has 0 saturated heterocycles. The molecule has 2 rings (SSSR count). The number of fused-ring (bicyclic) bond motifs is 1. The van der Waals surface area contributed by atoms with E-state index in [0.717, 1.165) is 0 Å². The monoisotopic (exact) mass is 260 g/mol. The molecule has 1 aliphatic heterocycles. The molecule has 0 nitrogen and oxygen atoms in total. The molecule has 0 atom stereocenters. The molecule has 0 N–H and O–H groups in total. The molecule has 0 aliphatic carbocycles. The van der Waals surface area contributed by atoms with Crippen molar-refractivity contribution < 1.29 is 0 Å². The first-order valence-electron chi connectivity index (χ1n) is 4.30. The summed E-state index contributed by atoms with van der Waals surface area (Å²) < 4.78 is 0.589. The number of thioether (sulfide) groups is 4. The first-order valence-corrected chi connectivity index (χ1v) is 8.85. The summed E-state index contributed by atoms with van der Waals surface area (Å²) in [4.78, 5) is 2.93. The predicted molar refractivity (Wildman–Crippen MR) is 72.8 cm³/mol. The maximum atomic E-state index is 2.36. The van der Waals surface area contributed by atoms with Crippen molar-refractivity contribution >= 4 is 47.0 Å². The van der Waals surface area contributed by atoms with E-state index < -0.39 is 0 Å². The molecule has 14 heavy (non-hydrogen) atoms. The zero-order valence-corrected chi connectivity index (χ0v) is 11.4. The average Bonchev–Trinajstić information content (AvgIpc) is 2.66. The molecule has 0 spiro atoms. The van der Waals surface area contributed by atoms with Crippen molar-refractivity contribution in [3.8, 4) is 0 Å². The molecule has 0 fully saturated rings. The van der Waals surface area contributed by atoms with Gasteiger partial charge in [-0.3, -0.25) is 0 Å². The minimum Gasteiger partial charge on any atom is -0.146 e. The smallest absolute Gasteiger partial charge is 0.0746 e. The zero-order chi connectivity index (χ0) is 9.97. The van der Waals surface area contributed by atoms with Gasteiger partial charge in [0, 0.05) is 14.9 Å². The largest absolute Gasteiger partial charge is 0.146 e. The predicted octanol–water partition coefficient (Wildman–Crippen LogP) is 4.57. The van der Waals surface area contributed by atoms with Gasteiger partial charge in [-0.2, -0.15) is 0 Å². The highest BCUT2D eigenvalue weighted by Crippen LogP contribution is 2.45. The minimum atomic E-state index is 0.589. The van der Waals surface area contributed by atoms with Crippen molar-refractivity contribution in [2.75, 3.05) is 17.6 Å². The molecular formula is C10H12S4. The molecule has 0 bridgehead atoms. The fraction of sp³-hybridized carbons (Fsp3) is 0.400. The molecule has 0 amide bonds. The fourth-order valence-corrected chi connectivity index (χ4v) is 5.44. The van der Waals surface area contributed by atoms with E-state index in [0.29, 0.717) is 4.58 Å². The van der Waals surface area contributed by atoms with Gasteiger partial charge in [0.25, 0.3) is 0 Å². The first-order chi connectivity index (χ1) is 6.85. The van der Waals surface area contributed by atoms with Crippen LogP contribution >= 0.6 is 47.0 Å². The summed E-state index contributed by atoms with van der Waals surface area (Å²) in [5.74, 6) is 0. The summed E-state index contributed by atoms with van der Waals surface area (Å²) in [6.45, 7) is 0. The van der Waals surface area contributed by atoms with Crippen LogP contribution in [-0.2, 0) is 0 Å². The van der Waals surface area contributed by atoms with Crippen molar-refractivity contribution in [2.45, 2.75) is 14.4 Å². The average molecular weight is 260 g/mol. The van der Waals surface area contributed by atoms with Crippen LogP contribution in [0.1, 0.15) is 10.1 Å². The standard InChI is InChI=1S/C10H12S4/c1-11-10(12-2)7-3-4-8-9(5-7)14-6-13-8/h3-5,10H,6H2,1-2H3. The highest BCUT2D eigenvalue weighted by atomic mass is 32.2. The SMILES string of the molecule is CSC(SC)c1ccc2c(c1)SCS2. The van der Waals surface area contributed by atoms with Gasteiger partial charge in [0.05, 0.1) is 4.58 Å². The van der Waals surface area contributed by atoms with E-state index in [-0.39, 0.29) is 0 Å². The van der Waals surface area contributed by atoms with E-state index in [9.17, 15) is 0 Å². The van der Waals surface area contributed by atoms with Gasteiger partial charge >= 0.3 is 0 Å².